The number of alkyl halides is 3. The monoisotopic (exact) mass is 475 g/mol. The molecule has 0 bridgehead atoms. The number of nitrogens with zero attached hydrogens (tertiary/aromatic N) is 6. The molecule has 4 rings (SSSR count). The second-order valence-electron chi connectivity index (χ2n) is 8.66. The van der Waals surface area contributed by atoms with Crippen LogP contribution in [0.25, 0.3) is 5.65 Å². The van der Waals surface area contributed by atoms with E-state index in [9.17, 15) is 18.0 Å². The third-order valence-corrected chi connectivity index (χ3v) is 6.12. The third-order valence-electron chi connectivity index (χ3n) is 6.12. The first kappa shape index (κ1) is 23.8. The van der Waals surface area contributed by atoms with Crippen LogP contribution >= 0.6 is 0 Å². The molecule has 1 N–H and O–H groups in total. The Kier molecular flexibility index (Phi) is 6.63. The van der Waals surface area contributed by atoms with E-state index in [0.717, 1.165) is 22.4 Å². The van der Waals surface area contributed by atoms with Crippen molar-refractivity contribution in [1.29, 1.82) is 0 Å². The molecule has 1 amide bonds. The molecule has 1 aliphatic heterocycles. The predicted octanol–water partition coefficient (Wildman–Crippen LogP) is 4.23. The van der Waals surface area contributed by atoms with Gasteiger partial charge in [0, 0.05) is 43.0 Å². The van der Waals surface area contributed by atoms with E-state index in [1.165, 1.54) is 6.07 Å². The molecule has 0 atom stereocenters. The Morgan fingerprint density at radius 3 is 2.38 bits per heavy atom. The second-order valence-corrected chi connectivity index (χ2v) is 8.66. The smallest absolute Gasteiger partial charge is 0.369 e. The fraction of sp³-hybridized carbons (Fsp3) is 0.478. The molecule has 34 heavy (non-hydrogen) atoms. The number of rotatable bonds is 6. The molecule has 2 aromatic heterocycles. The number of carbonyl (C=O) groups excluding carboxylic acids is 1. The van der Waals surface area contributed by atoms with Gasteiger partial charge in [0.2, 0.25) is 5.91 Å². The SMILES string of the molecule is CCN(c1ccc(NC(=O)C2CCN(c3ccc4nnc(C(F)(F)F)n4n3)CC2)cc1)C(C)C. The fourth-order valence-electron chi connectivity index (χ4n) is 4.32. The summed E-state index contributed by atoms with van der Waals surface area (Å²) in [6.07, 6.45) is -3.48. The van der Waals surface area contributed by atoms with Gasteiger partial charge in [-0.3, -0.25) is 4.79 Å². The lowest BCUT2D eigenvalue weighted by Gasteiger charge is -2.32. The first-order chi connectivity index (χ1) is 16.2. The minimum atomic E-state index is -4.64. The summed E-state index contributed by atoms with van der Waals surface area (Å²) in [7, 11) is 0. The Morgan fingerprint density at radius 2 is 1.79 bits per heavy atom. The maximum Gasteiger partial charge on any atom is 0.453 e. The van der Waals surface area contributed by atoms with Gasteiger partial charge < -0.3 is 15.1 Å². The molecule has 1 aliphatic rings. The minimum Gasteiger partial charge on any atom is -0.369 e. The van der Waals surface area contributed by atoms with E-state index in [1.54, 1.807) is 6.07 Å². The molecule has 1 aromatic carbocycles. The van der Waals surface area contributed by atoms with Gasteiger partial charge in [-0.2, -0.15) is 17.7 Å². The van der Waals surface area contributed by atoms with Crippen molar-refractivity contribution in [2.24, 2.45) is 5.92 Å². The van der Waals surface area contributed by atoms with Crippen molar-refractivity contribution < 1.29 is 18.0 Å². The maximum atomic E-state index is 13.1. The fourth-order valence-corrected chi connectivity index (χ4v) is 4.32. The highest BCUT2D eigenvalue weighted by Crippen LogP contribution is 2.29. The Bertz CT molecular complexity index is 1140. The van der Waals surface area contributed by atoms with Crippen LogP contribution in [0.5, 0.6) is 0 Å². The van der Waals surface area contributed by atoms with Gasteiger partial charge in [0.25, 0.3) is 5.82 Å². The lowest BCUT2D eigenvalue weighted by Crippen LogP contribution is -2.38. The van der Waals surface area contributed by atoms with Crippen molar-refractivity contribution >= 4 is 28.7 Å². The van der Waals surface area contributed by atoms with Crippen molar-refractivity contribution in [2.75, 3.05) is 34.8 Å². The molecule has 11 heteroatoms. The Balaban J connectivity index is 1.37. The van der Waals surface area contributed by atoms with Gasteiger partial charge in [0.15, 0.2) is 5.65 Å². The van der Waals surface area contributed by atoms with E-state index in [0.29, 0.717) is 37.8 Å². The van der Waals surface area contributed by atoms with Crippen molar-refractivity contribution in [3.05, 3.63) is 42.2 Å². The first-order valence-electron chi connectivity index (χ1n) is 11.4. The highest BCUT2D eigenvalue weighted by Gasteiger charge is 2.38. The Hall–Kier alpha value is -3.37. The standard InChI is InChI=1S/C23H28F3N7O/c1-4-32(15(2)3)18-7-5-17(6-8-18)27-21(34)16-11-13-31(14-12-16)20-10-9-19-28-29-22(23(24,25)26)33(19)30-20/h5-10,15-16H,4,11-14H2,1-3H3,(H,27,34). The summed E-state index contributed by atoms with van der Waals surface area (Å²) in [4.78, 5) is 16.9. The summed E-state index contributed by atoms with van der Waals surface area (Å²) >= 11 is 0. The van der Waals surface area contributed by atoms with Crippen molar-refractivity contribution in [2.45, 2.75) is 45.8 Å². The van der Waals surface area contributed by atoms with Gasteiger partial charge in [-0.05, 0) is 70.0 Å². The summed E-state index contributed by atoms with van der Waals surface area (Å²) in [5.74, 6) is -0.980. The second kappa shape index (κ2) is 9.47. The van der Waals surface area contributed by atoms with E-state index >= 15 is 0 Å². The molecular weight excluding hydrogens is 447 g/mol. The molecule has 182 valence electrons. The van der Waals surface area contributed by atoms with E-state index in [2.05, 4.69) is 46.3 Å². The summed E-state index contributed by atoms with van der Waals surface area (Å²) in [6, 6.07) is 11.3. The molecule has 0 spiro atoms. The number of fused-ring (bicyclic) bond motifs is 1. The van der Waals surface area contributed by atoms with Crippen LogP contribution in [0, 0.1) is 5.92 Å². The summed E-state index contributed by atoms with van der Waals surface area (Å²) in [5, 5.41) is 13.8. The van der Waals surface area contributed by atoms with E-state index in [4.69, 9.17) is 0 Å². The topological polar surface area (TPSA) is 78.7 Å². The van der Waals surface area contributed by atoms with E-state index < -0.39 is 12.0 Å². The van der Waals surface area contributed by atoms with Gasteiger partial charge in [-0.25, -0.2) is 0 Å². The normalized spacial score (nSPS) is 15.2. The lowest BCUT2D eigenvalue weighted by molar-refractivity contribution is -0.146. The van der Waals surface area contributed by atoms with Gasteiger partial charge in [0.05, 0.1) is 0 Å². The largest absolute Gasteiger partial charge is 0.453 e. The van der Waals surface area contributed by atoms with Gasteiger partial charge in [-0.1, -0.05) is 0 Å². The molecule has 0 unspecified atom stereocenters. The summed E-state index contributed by atoms with van der Waals surface area (Å²) < 4.78 is 40.1. The van der Waals surface area contributed by atoms with Crippen LogP contribution in [-0.4, -0.2) is 51.4 Å². The third kappa shape index (κ3) is 4.92. The molecule has 1 fully saturated rings. The van der Waals surface area contributed by atoms with Crippen LogP contribution in [0.3, 0.4) is 0 Å². The zero-order chi connectivity index (χ0) is 24.5. The van der Waals surface area contributed by atoms with E-state index in [-0.39, 0.29) is 17.5 Å². The number of amides is 1. The van der Waals surface area contributed by atoms with Crippen molar-refractivity contribution in [1.82, 2.24) is 19.8 Å². The quantitative estimate of drug-likeness (QED) is 0.575. The number of anilines is 3. The number of halogens is 3. The molecule has 0 saturated carbocycles. The van der Waals surface area contributed by atoms with Crippen LogP contribution in [0.15, 0.2) is 36.4 Å². The molecule has 8 nitrogen and oxygen atoms in total. The average molecular weight is 476 g/mol. The highest BCUT2D eigenvalue weighted by atomic mass is 19.4. The molecule has 0 aliphatic carbocycles. The highest BCUT2D eigenvalue weighted by molar-refractivity contribution is 5.92. The number of nitrogens with one attached hydrogen (secondary N) is 1. The van der Waals surface area contributed by atoms with Crippen LogP contribution in [-0.2, 0) is 11.0 Å². The average Bonchev–Trinajstić information content (AvgIpc) is 3.24. The summed E-state index contributed by atoms with van der Waals surface area (Å²) in [6.45, 7) is 8.31. The number of hydrogen-bond donors (Lipinski definition) is 1. The summed E-state index contributed by atoms with van der Waals surface area (Å²) in [5.41, 5.74) is 1.89. The number of hydrogen-bond acceptors (Lipinski definition) is 6. The number of aromatic nitrogens is 4. The maximum absolute atomic E-state index is 13.1. The zero-order valence-corrected chi connectivity index (χ0v) is 19.4. The van der Waals surface area contributed by atoms with Crippen LogP contribution in [0.1, 0.15) is 39.4 Å². The van der Waals surface area contributed by atoms with Gasteiger partial charge >= 0.3 is 6.18 Å². The Labute approximate surface area is 195 Å². The predicted molar refractivity (Wildman–Crippen MR) is 124 cm³/mol. The van der Waals surface area contributed by atoms with E-state index in [1.807, 2.05) is 29.2 Å². The van der Waals surface area contributed by atoms with Crippen molar-refractivity contribution in [3.63, 3.8) is 0 Å². The Morgan fingerprint density at radius 1 is 1.12 bits per heavy atom. The minimum absolute atomic E-state index is 0.0341. The van der Waals surface area contributed by atoms with Gasteiger partial charge in [-0.15, -0.1) is 15.3 Å². The van der Waals surface area contributed by atoms with Gasteiger partial charge in [0.1, 0.15) is 5.82 Å². The van der Waals surface area contributed by atoms with Crippen LogP contribution < -0.4 is 15.1 Å². The molecule has 3 aromatic rings. The zero-order valence-electron chi connectivity index (χ0n) is 19.4. The number of carbonyl (C=O) groups is 1. The molecule has 0 radical (unpaired) electrons. The number of benzene rings is 1. The van der Waals surface area contributed by atoms with Crippen LogP contribution in [0.2, 0.25) is 0 Å². The molecular formula is C23H28F3N7O. The first-order valence-corrected chi connectivity index (χ1v) is 11.4. The van der Waals surface area contributed by atoms with Crippen LogP contribution in [0.4, 0.5) is 30.4 Å². The number of piperidine rings is 1. The van der Waals surface area contributed by atoms with Crippen molar-refractivity contribution in [3.8, 4) is 0 Å². The molecule has 1 saturated heterocycles. The molecule has 3 heterocycles. The lowest BCUT2D eigenvalue weighted by atomic mass is 9.96.